The average Bonchev–Trinajstić information content (AvgIpc) is 2.54. The molecule has 0 fully saturated rings. The molecule has 6 heteroatoms. The van der Waals surface area contributed by atoms with Crippen LogP contribution in [0.2, 0.25) is 0 Å². The highest BCUT2D eigenvalue weighted by Gasteiger charge is 2.24. The van der Waals surface area contributed by atoms with Crippen LogP contribution in [0.3, 0.4) is 0 Å². The number of carbonyl (C=O) groups is 2. The molecule has 0 bridgehead atoms. The minimum Gasteiger partial charge on any atom is -0.454 e. The third kappa shape index (κ3) is 6.32. The van der Waals surface area contributed by atoms with Crippen molar-refractivity contribution in [2.45, 2.75) is 52.1 Å². The maximum absolute atomic E-state index is 12.1. The molecule has 0 amide bonds. The molecular formula is C18H25N3O3. The van der Waals surface area contributed by atoms with Gasteiger partial charge in [0, 0.05) is 18.4 Å². The summed E-state index contributed by atoms with van der Waals surface area (Å²) in [5, 5.41) is 14.9. The fourth-order valence-corrected chi connectivity index (χ4v) is 2.20. The van der Waals surface area contributed by atoms with E-state index in [2.05, 4.69) is 0 Å². The van der Waals surface area contributed by atoms with E-state index in [4.69, 9.17) is 21.3 Å². The van der Waals surface area contributed by atoms with E-state index in [0.717, 1.165) is 24.8 Å². The van der Waals surface area contributed by atoms with Crippen LogP contribution in [0.15, 0.2) is 24.3 Å². The van der Waals surface area contributed by atoms with Crippen LogP contribution in [0, 0.1) is 10.8 Å². The molecule has 0 aliphatic rings. The van der Waals surface area contributed by atoms with Crippen molar-refractivity contribution in [1.29, 1.82) is 10.8 Å². The van der Waals surface area contributed by atoms with Crippen molar-refractivity contribution < 1.29 is 14.3 Å². The summed E-state index contributed by atoms with van der Waals surface area (Å²) in [5.74, 6) is -0.940. The van der Waals surface area contributed by atoms with Gasteiger partial charge in [-0.25, -0.2) is 0 Å². The third-order valence-electron chi connectivity index (χ3n) is 3.61. The van der Waals surface area contributed by atoms with Crippen LogP contribution in [-0.2, 0) is 20.7 Å². The van der Waals surface area contributed by atoms with Gasteiger partial charge in [0.1, 0.15) is 5.84 Å². The molecular weight excluding hydrogens is 306 g/mol. The standard InChI is InChI=1S/C18H25N3O3/c1-3-4-5-6-16(22)24-15(17(23)12(2)19)11-13-7-9-14(10-8-13)18(20)21/h7-10,15,19H,3-6,11H2,1-2H3,(H3,20,21)/t15-/m0/s1. The Bertz CT molecular complexity index is 608. The van der Waals surface area contributed by atoms with E-state index in [9.17, 15) is 9.59 Å². The van der Waals surface area contributed by atoms with Gasteiger partial charge in [-0.2, -0.15) is 0 Å². The Kier molecular flexibility index (Phi) is 7.82. The van der Waals surface area contributed by atoms with Gasteiger partial charge in [-0.15, -0.1) is 0 Å². The summed E-state index contributed by atoms with van der Waals surface area (Å²) < 4.78 is 5.31. The zero-order valence-electron chi connectivity index (χ0n) is 14.2. The molecule has 0 aromatic heterocycles. The lowest BCUT2D eigenvalue weighted by Crippen LogP contribution is -2.33. The van der Waals surface area contributed by atoms with E-state index in [-0.39, 0.29) is 24.4 Å². The highest BCUT2D eigenvalue weighted by atomic mass is 16.5. The van der Waals surface area contributed by atoms with Crippen LogP contribution in [0.5, 0.6) is 0 Å². The number of benzene rings is 1. The predicted octanol–water partition coefficient (Wildman–Crippen LogP) is 2.61. The molecule has 0 spiro atoms. The summed E-state index contributed by atoms with van der Waals surface area (Å²) in [5.41, 5.74) is 6.63. The molecule has 0 aliphatic carbocycles. The van der Waals surface area contributed by atoms with Gasteiger partial charge in [-0.3, -0.25) is 15.0 Å². The van der Waals surface area contributed by atoms with Gasteiger partial charge in [0.25, 0.3) is 0 Å². The van der Waals surface area contributed by atoms with Crippen LogP contribution in [0.4, 0.5) is 0 Å². The fourth-order valence-electron chi connectivity index (χ4n) is 2.20. The predicted molar refractivity (Wildman–Crippen MR) is 93.6 cm³/mol. The molecule has 0 saturated heterocycles. The molecule has 0 saturated carbocycles. The maximum atomic E-state index is 12.1. The number of nitrogen functional groups attached to an aromatic ring is 1. The zero-order valence-corrected chi connectivity index (χ0v) is 14.2. The SMILES string of the molecule is CCCCCC(=O)O[C@@H](Cc1ccc(C(=N)N)cc1)C(=O)C(C)=N. The Morgan fingerprint density at radius 1 is 1.17 bits per heavy atom. The van der Waals surface area contributed by atoms with Crippen molar-refractivity contribution in [2.24, 2.45) is 5.73 Å². The number of amidine groups is 1. The molecule has 1 rings (SSSR count). The van der Waals surface area contributed by atoms with Gasteiger partial charge in [0.15, 0.2) is 6.10 Å². The van der Waals surface area contributed by atoms with E-state index < -0.39 is 17.9 Å². The van der Waals surface area contributed by atoms with Crippen LogP contribution in [0.1, 0.15) is 50.7 Å². The summed E-state index contributed by atoms with van der Waals surface area (Å²) >= 11 is 0. The lowest BCUT2D eigenvalue weighted by molar-refractivity contribution is -0.153. The summed E-state index contributed by atoms with van der Waals surface area (Å²) in [4.78, 5) is 24.0. The monoisotopic (exact) mass is 331 g/mol. The van der Waals surface area contributed by atoms with Gasteiger partial charge in [-0.05, 0) is 18.9 Å². The van der Waals surface area contributed by atoms with E-state index >= 15 is 0 Å². The zero-order chi connectivity index (χ0) is 18.1. The summed E-state index contributed by atoms with van der Waals surface area (Å²) in [6, 6.07) is 6.83. The number of unbranched alkanes of at least 4 members (excludes halogenated alkanes) is 2. The Balaban J connectivity index is 2.78. The maximum Gasteiger partial charge on any atom is 0.306 e. The highest BCUT2D eigenvalue weighted by Crippen LogP contribution is 2.12. The molecule has 0 radical (unpaired) electrons. The van der Waals surface area contributed by atoms with E-state index in [1.165, 1.54) is 6.92 Å². The van der Waals surface area contributed by atoms with Crippen molar-refractivity contribution in [1.82, 2.24) is 0 Å². The average molecular weight is 331 g/mol. The molecule has 1 aromatic carbocycles. The van der Waals surface area contributed by atoms with Gasteiger partial charge >= 0.3 is 5.97 Å². The van der Waals surface area contributed by atoms with Gasteiger partial charge in [-0.1, -0.05) is 44.0 Å². The third-order valence-corrected chi connectivity index (χ3v) is 3.61. The minimum atomic E-state index is -0.986. The normalized spacial score (nSPS) is 11.6. The largest absolute Gasteiger partial charge is 0.454 e. The number of Topliss-reactive ketones (excluding diaryl/α,β-unsaturated/α-hetero) is 1. The molecule has 0 aliphatic heterocycles. The molecule has 130 valence electrons. The van der Waals surface area contributed by atoms with Crippen molar-refractivity contribution in [2.75, 3.05) is 0 Å². The second-order valence-corrected chi connectivity index (χ2v) is 5.74. The smallest absolute Gasteiger partial charge is 0.306 e. The number of hydrogen-bond donors (Lipinski definition) is 3. The molecule has 0 unspecified atom stereocenters. The number of rotatable bonds is 10. The second kappa shape index (κ2) is 9.60. The van der Waals surface area contributed by atoms with Crippen molar-refractivity contribution in [3.63, 3.8) is 0 Å². The first-order valence-corrected chi connectivity index (χ1v) is 8.07. The van der Waals surface area contributed by atoms with Gasteiger partial charge < -0.3 is 15.9 Å². The lowest BCUT2D eigenvalue weighted by atomic mass is 10.0. The van der Waals surface area contributed by atoms with Crippen LogP contribution >= 0.6 is 0 Å². The number of ketones is 1. The number of ether oxygens (including phenoxy) is 1. The number of hydrogen-bond acceptors (Lipinski definition) is 5. The number of esters is 1. The van der Waals surface area contributed by atoms with Crippen LogP contribution in [-0.4, -0.2) is 29.4 Å². The van der Waals surface area contributed by atoms with E-state index in [1.807, 2.05) is 6.92 Å². The topological polar surface area (TPSA) is 117 Å². The first-order valence-electron chi connectivity index (χ1n) is 8.07. The quantitative estimate of drug-likeness (QED) is 0.264. The number of carbonyl (C=O) groups excluding carboxylic acids is 2. The van der Waals surface area contributed by atoms with Crippen molar-refractivity contribution in [3.05, 3.63) is 35.4 Å². The number of nitrogens with two attached hydrogens (primary N) is 1. The van der Waals surface area contributed by atoms with Crippen molar-refractivity contribution >= 4 is 23.3 Å². The lowest BCUT2D eigenvalue weighted by Gasteiger charge is -2.17. The first kappa shape index (κ1) is 19.5. The molecule has 24 heavy (non-hydrogen) atoms. The fraction of sp³-hybridized carbons (Fsp3) is 0.444. The summed E-state index contributed by atoms with van der Waals surface area (Å²) in [6.45, 7) is 3.43. The van der Waals surface area contributed by atoms with Gasteiger partial charge in [0.2, 0.25) is 5.78 Å². The van der Waals surface area contributed by atoms with E-state index in [0.29, 0.717) is 5.56 Å². The molecule has 1 atom stereocenters. The van der Waals surface area contributed by atoms with E-state index in [1.54, 1.807) is 24.3 Å². The molecule has 6 nitrogen and oxygen atoms in total. The van der Waals surface area contributed by atoms with Crippen LogP contribution in [0.25, 0.3) is 0 Å². The molecule has 1 aromatic rings. The highest BCUT2D eigenvalue weighted by molar-refractivity contribution is 6.39. The summed E-state index contributed by atoms with van der Waals surface area (Å²) in [7, 11) is 0. The summed E-state index contributed by atoms with van der Waals surface area (Å²) in [6.07, 6.45) is 2.15. The second-order valence-electron chi connectivity index (χ2n) is 5.74. The Hall–Kier alpha value is -2.50. The molecule has 4 N–H and O–H groups in total. The minimum absolute atomic E-state index is 0.0353. The molecule has 0 heterocycles. The van der Waals surface area contributed by atoms with Crippen molar-refractivity contribution in [3.8, 4) is 0 Å². The van der Waals surface area contributed by atoms with Crippen LogP contribution < -0.4 is 5.73 Å². The Morgan fingerprint density at radius 2 is 1.79 bits per heavy atom. The first-order chi connectivity index (χ1) is 11.3. The number of nitrogens with one attached hydrogen (secondary N) is 2. The van der Waals surface area contributed by atoms with Gasteiger partial charge in [0.05, 0.1) is 5.71 Å². The Morgan fingerprint density at radius 3 is 2.29 bits per heavy atom. The Labute approximate surface area is 142 Å².